The van der Waals surface area contributed by atoms with E-state index in [0.29, 0.717) is 0 Å². The Hall–Kier alpha value is -0.490. The number of aryl methyl sites for hydroxylation is 1. The molecule has 0 heterocycles. The van der Waals surface area contributed by atoms with Gasteiger partial charge in [-0.1, -0.05) is 62.8 Å². The maximum absolute atomic E-state index is 5.93. The molecule has 1 rings (SSSR count). The fourth-order valence-corrected chi connectivity index (χ4v) is 2.01. The zero-order chi connectivity index (χ0) is 10.9. The first-order valence-corrected chi connectivity index (χ1v) is 6.45. The topological polar surface area (TPSA) is 0 Å². The van der Waals surface area contributed by atoms with Gasteiger partial charge in [-0.25, -0.2) is 0 Å². The van der Waals surface area contributed by atoms with Crippen LogP contribution in [0.3, 0.4) is 0 Å². The summed E-state index contributed by atoms with van der Waals surface area (Å²) in [5.41, 5.74) is 1.37. The second-order valence-electron chi connectivity index (χ2n) is 4.15. The Kier molecular flexibility index (Phi) is 6.50. The Balaban J connectivity index is 2.10. The molecule has 0 aliphatic carbocycles. The van der Waals surface area contributed by atoms with E-state index in [1.54, 1.807) is 0 Å². The fourth-order valence-electron chi connectivity index (χ4n) is 1.80. The molecule has 1 heteroatoms. The normalized spacial score (nSPS) is 10.5. The standard InChI is InChI=1S/C14H21Cl/c1-2-3-4-5-6-7-9-13-10-8-11-14(15)12-13/h8,10-12H,2-7,9H2,1H3. The molecule has 0 unspecified atom stereocenters. The highest BCUT2D eigenvalue weighted by Crippen LogP contribution is 2.14. The van der Waals surface area contributed by atoms with E-state index in [1.807, 2.05) is 12.1 Å². The summed E-state index contributed by atoms with van der Waals surface area (Å²) >= 11 is 5.93. The summed E-state index contributed by atoms with van der Waals surface area (Å²) in [5.74, 6) is 0. The van der Waals surface area contributed by atoms with Crippen molar-refractivity contribution in [3.63, 3.8) is 0 Å². The van der Waals surface area contributed by atoms with Crippen molar-refractivity contribution in [2.45, 2.75) is 51.9 Å². The van der Waals surface area contributed by atoms with Crippen LogP contribution >= 0.6 is 11.6 Å². The van der Waals surface area contributed by atoms with Gasteiger partial charge in [0.2, 0.25) is 0 Å². The lowest BCUT2D eigenvalue weighted by Crippen LogP contribution is -1.86. The Morgan fingerprint density at radius 2 is 1.73 bits per heavy atom. The summed E-state index contributed by atoms with van der Waals surface area (Å²) in [6.45, 7) is 2.26. The van der Waals surface area contributed by atoms with Crippen LogP contribution in [0.2, 0.25) is 5.02 Å². The summed E-state index contributed by atoms with van der Waals surface area (Å²) in [4.78, 5) is 0. The average molecular weight is 225 g/mol. The van der Waals surface area contributed by atoms with Crippen LogP contribution < -0.4 is 0 Å². The van der Waals surface area contributed by atoms with Gasteiger partial charge in [0.05, 0.1) is 0 Å². The predicted molar refractivity (Wildman–Crippen MR) is 68.5 cm³/mol. The molecule has 0 saturated carbocycles. The quantitative estimate of drug-likeness (QED) is 0.556. The first-order chi connectivity index (χ1) is 7.33. The lowest BCUT2D eigenvalue weighted by molar-refractivity contribution is 0.607. The van der Waals surface area contributed by atoms with Gasteiger partial charge in [0, 0.05) is 5.02 Å². The minimum absolute atomic E-state index is 0.860. The second-order valence-corrected chi connectivity index (χ2v) is 4.58. The van der Waals surface area contributed by atoms with Crippen molar-refractivity contribution in [3.05, 3.63) is 34.9 Å². The maximum Gasteiger partial charge on any atom is 0.0408 e. The van der Waals surface area contributed by atoms with Gasteiger partial charge in [-0.15, -0.1) is 0 Å². The monoisotopic (exact) mass is 224 g/mol. The van der Waals surface area contributed by atoms with E-state index >= 15 is 0 Å². The van der Waals surface area contributed by atoms with Crippen LogP contribution in [-0.4, -0.2) is 0 Å². The zero-order valence-electron chi connectivity index (χ0n) is 9.64. The van der Waals surface area contributed by atoms with E-state index in [4.69, 9.17) is 11.6 Å². The molecule has 0 radical (unpaired) electrons. The Morgan fingerprint density at radius 1 is 1.00 bits per heavy atom. The summed E-state index contributed by atoms with van der Waals surface area (Å²) in [6, 6.07) is 8.21. The minimum Gasteiger partial charge on any atom is -0.0843 e. The van der Waals surface area contributed by atoms with Crippen LogP contribution in [0.1, 0.15) is 51.0 Å². The predicted octanol–water partition coefficient (Wildman–Crippen LogP) is 5.24. The molecule has 0 aromatic heterocycles. The molecule has 0 atom stereocenters. The molecular weight excluding hydrogens is 204 g/mol. The number of hydrogen-bond donors (Lipinski definition) is 0. The van der Waals surface area contributed by atoms with E-state index in [0.717, 1.165) is 5.02 Å². The molecule has 0 nitrogen and oxygen atoms in total. The van der Waals surface area contributed by atoms with Gasteiger partial charge in [0.25, 0.3) is 0 Å². The van der Waals surface area contributed by atoms with Crippen molar-refractivity contribution >= 4 is 11.6 Å². The summed E-state index contributed by atoms with van der Waals surface area (Å²) in [5, 5.41) is 0.860. The molecule has 0 bridgehead atoms. The smallest absolute Gasteiger partial charge is 0.0408 e. The van der Waals surface area contributed by atoms with Crippen molar-refractivity contribution in [3.8, 4) is 0 Å². The van der Waals surface area contributed by atoms with E-state index in [1.165, 1.54) is 50.5 Å². The summed E-state index contributed by atoms with van der Waals surface area (Å²) < 4.78 is 0. The van der Waals surface area contributed by atoms with Crippen molar-refractivity contribution < 1.29 is 0 Å². The largest absolute Gasteiger partial charge is 0.0843 e. The SMILES string of the molecule is CCCCCCCCc1cccc(Cl)c1. The first-order valence-electron chi connectivity index (χ1n) is 6.07. The first kappa shape index (κ1) is 12.6. The molecule has 1 aromatic carbocycles. The third-order valence-electron chi connectivity index (χ3n) is 2.71. The third kappa shape index (κ3) is 5.84. The van der Waals surface area contributed by atoms with Gasteiger partial charge in [-0.3, -0.25) is 0 Å². The molecule has 0 saturated heterocycles. The molecule has 0 N–H and O–H groups in total. The number of halogens is 1. The number of unbranched alkanes of at least 4 members (excludes halogenated alkanes) is 5. The van der Waals surface area contributed by atoms with Crippen LogP contribution in [-0.2, 0) is 6.42 Å². The fraction of sp³-hybridized carbons (Fsp3) is 0.571. The molecule has 84 valence electrons. The molecule has 0 aliphatic heterocycles. The molecular formula is C14H21Cl. The van der Waals surface area contributed by atoms with Gasteiger partial charge in [0.15, 0.2) is 0 Å². The van der Waals surface area contributed by atoms with Crippen LogP contribution in [0.25, 0.3) is 0 Å². The summed E-state index contributed by atoms with van der Waals surface area (Å²) in [6.07, 6.45) is 9.31. The zero-order valence-corrected chi connectivity index (χ0v) is 10.4. The second kappa shape index (κ2) is 7.76. The Labute approximate surface area is 98.7 Å². The maximum atomic E-state index is 5.93. The van der Waals surface area contributed by atoms with Gasteiger partial charge in [-0.2, -0.15) is 0 Å². The van der Waals surface area contributed by atoms with E-state index in [9.17, 15) is 0 Å². The number of benzene rings is 1. The molecule has 1 aromatic rings. The lowest BCUT2D eigenvalue weighted by atomic mass is 10.1. The van der Waals surface area contributed by atoms with Gasteiger partial charge < -0.3 is 0 Å². The van der Waals surface area contributed by atoms with Crippen LogP contribution in [0.5, 0.6) is 0 Å². The van der Waals surface area contributed by atoms with Gasteiger partial charge in [0.1, 0.15) is 0 Å². The number of rotatable bonds is 7. The van der Waals surface area contributed by atoms with Crippen LogP contribution in [0, 0.1) is 0 Å². The highest BCUT2D eigenvalue weighted by Gasteiger charge is 1.94. The van der Waals surface area contributed by atoms with Crippen molar-refractivity contribution in [2.24, 2.45) is 0 Å². The molecule has 15 heavy (non-hydrogen) atoms. The van der Waals surface area contributed by atoms with E-state index in [2.05, 4.69) is 19.1 Å². The van der Waals surface area contributed by atoms with E-state index < -0.39 is 0 Å². The van der Waals surface area contributed by atoms with Crippen molar-refractivity contribution in [1.82, 2.24) is 0 Å². The lowest BCUT2D eigenvalue weighted by Gasteiger charge is -2.02. The van der Waals surface area contributed by atoms with Crippen molar-refractivity contribution in [2.75, 3.05) is 0 Å². The van der Waals surface area contributed by atoms with Gasteiger partial charge >= 0.3 is 0 Å². The summed E-state index contributed by atoms with van der Waals surface area (Å²) in [7, 11) is 0. The molecule has 0 amide bonds. The molecule has 0 spiro atoms. The minimum atomic E-state index is 0.860. The number of hydrogen-bond acceptors (Lipinski definition) is 0. The Bertz CT molecular complexity index is 268. The molecule has 0 fully saturated rings. The Morgan fingerprint density at radius 3 is 2.47 bits per heavy atom. The highest BCUT2D eigenvalue weighted by atomic mass is 35.5. The average Bonchev–Trinajstić information content (AvgIpc) is 2.23. The third-order valence-corrected chi connectivity index (χ3v) is 2.94. The van der Waals surface area contributed by atoms with Crippen molar-refractivity contribution in [1.29, 1.82) is 0 Å². The van der Waals surface area contributed by atoms with E-state index in [-0.39, 0.29) is 0 Å². The van der Waals surface area contributed by atoms with Crippen LogP contribution in [0.15, 0.2) is 24.3 Å². The van der Waals surface area contributed by atoms with Crippen LogP contribution in [0.4, 0.5) is 0 Å². The van der Waals surface area contributed by atoms with Gasteiger partial charge in [-0.05, 0) is 30.5 Å². The molecule has 0 aliphatic rings. The highest BCUT2D eigenvalue weighted by molar-refractivity contribution is 6.30.